The number of rotatable bonds is 5. The van der Waals surface area contributed by atoms with E-state index in [1.807, 2.05) is 31.2 Å². The summed E-state index contributed by atoms with van der Waals surface area (Å²) in [6.45, 7) is 6.54. The summed E-state index contributed by atoms with van der Waals surface area (Å²) < 4.78 is 6.13. The van der Waals surface area contributed by atoms with Crippen molar-refractivity contribution in [2.75, 3.05) is 6.61 Å². The van der Waals surface area contributed by atoms with Gasteiger partial charge in [-0.2, -0.15) is 0 Å². The van der Waals surface area contributed by atoms with E-state index in [0.29, 0.717) is 17.8 Å². The van der Waals surface area contributed by atoms with E-state index < -0.39 is 0 Å². The summed E-state index contributed by atoms with van der Waals surface area (Å²) in [6, 6.07) is 9.25. The average Bonchev–Trinajstić information content (AvgIpc) is 2.70. The first-order valence-electron chi connectivity index (χ1n) is 9.35. The number of pyridine rings is 4. The van der Waals surface area contributed by atoms with Crippen LogP contribution < -0.4 is 4.74 Å². The van der Waals surface area contributed by atoms with Gasteiger partial charge in [-0.1, -0.05) is 20.8 Å². The van der Waals surface area contributed by atoms with Crippen molar-refractivity contribution in [3.63, 3.8) is 0 Å². The molecular formula is C22H22N4O2. The number of aromatic hydroxyl groups is 1. The molecule has 0 aliphatic rings. The van der Waals surface area contributed by atoms with E-state index in [4.69, 9.17) is 9.72 Å². The standard InChI is InChI=1S/C22H22N4O2/c1-13(2)21-20(9-15-11-23-8-6-16(15)25-21)28-12-14(3)22-19(27)10-18-17(26-22)5-4-7-24-18/h4-11,13-14,27H,12H2,1-3H3. The Labute approximate surface area is 163 Å². The molecule has 0 radical (unpaired) electrons. The second-order valence-corrected chi connectivity index (χ2v) is 7.24. The van der Waals surface area contributed by atoms with Crippen LogP contribution in [0.25, 0.3) is 21.9 Å². The molecule has 4 aromatic rings. The summed E-state index contributed by atoms with van der Waals surface area (Å²) in [7, 11) is 0. The van der Waals surface area contributed by atoms with Gasteiger partial charge in [0, 0.05) is 36.0 Å². The minimum atomic E-state index is -0.103. The third-order valence-corrected chi connectivity index (χ3v) is 4.70. The van der Waals surface area contributed by atoms with Gasteiger partial charge in [0.05, 0.1) is 34.5 Å². The van der Waals surface area contributed by atoms with Crippen LogP contribution in [-0.4, -0.2) is 31.6 Å². The van der Waals surface area contributed by atoms with Crippen molar-refractivity contribution in [2.24, 2.45) is 0 Å². The number of hydrogen-bond donors (Lipinski definition) is 1. The van der Waals surface area contributed by atoms with Crippen LogP contribution in [0.2, 0.25) is 0 Å². The van der Waals surface area contributed by atoms with Gasteiger partial charge in [0.15, 0.2) is 0 Å². The number of hydrogen-bond acceptors (Lipinski definition) is 6. The van der Waals surface area contributed by atoms with Gasteiger partial charge >= 0.3 is 0 Å². The van der Waals surface area contributed by atoms with Gasteiger partial charge in [-0.3, -0.25) is 9.97 Å². The van der Waals surface area contributed by atoms with E-state index in [1.165, 1.54) is 0 Å². The number of ether oxygens (including phenoxy) is 1. The quantitative estimate of drug-likeness (QED) is 0.550. The van der Waals surface area contributed by atoms with Gasteiger partial charge in [0.25, 0.3) is 0 Å². The second kappa shape index (κ2) is 7.38. The lowest BCUT2D eigenvalue weighted by molar-refractivity contribution is 0.286. The highest BCUT2D eigenvalue weighted by Crippen LogP contribution is 2.31. The van der Waals surface area contributed by atoms with E-state index >= 15 is 0 Å². The lowest BCUT2D eigenvalue weighted by Crippen LogP contribution is -2.11. The molecular weight excluding hydrogens is 352 g/mol. The fourth-order valence-corrected chi connectivity index (χ4v) is 3.20. The van der Waals surface area contributed by atoms with Gasteiger partial charge < -0.3 is 9.84 Å². The third-order valence-electron chi connectivity index (χ3n) is 4.70. The maximum atomic E-state index is 10.4. The number of fused-ring (bicyclic) bond motifs is 2. The summed E-state index contributed by atoms with van der Waals surface area (Å²) in [5.74, 6) is 0.992. The van der Waals surface area contributed by atoms with E-state index in [0.717, 1.165) is 27.9 Å². The topological polar surface area (TPSA) is 81.0 Å². The van der Waals surface area contributed by atoms with Gasteiger partial charge in [-0.05, 0) is 30.2 Å². The van der Waals surface area contributed by atoms with Crippen LogP contribution in [0.3, 0.4) is 0 Å². The maximum Gasteiger partial charge on any atom is 0.141 e. The summed E-state index contributed by atoms with van der Waals surface area (Å²) in [4.78, 5) is 17.7. The zero-order valence-corrected chi connectivity index (χ0v) is 16.1. The molecule has 0 aliphatic heterocycles. The Kier molecular flexibility index (Phi) is 4.77. The molecule has 4 rings (SSSR count). The minimum Gasteiger partial charge on any atom is -0.506 e. The smallest absolute Gasteiger partial charge is 0.141 e. The Morgan fingerprint density at radius 1 is 0.964 bits per heavy atom. The highest BCUT2D eigenvalue weighted by Gasteiger charge is 2.17. The Morgan fingerprint density at radius 3 is 2.61 bits per heavy atom. The normalized spacial score (nSPS) is 12.6. The molecule has 142 valence electrons. The van der Waals surface area contributed by atoms with Crippen LogP contribution in [0.5, 0.6) is 11.5 Å². The number of aromatic nitrogens is 4. The molecule has 0 spiro atoms. The molecule has 28 heavy (non-hydrogen) atoms. The molecule has 0 aromatic carbocycles. The molecule has 4 heterocycles. The van der Waals surface area contributed by atoms with Crippen LogP contribution in [0.1, 0.15) is 44.0 Å². The summed E-state index contributed by atoms with van der Waals surface area (Å²) in [5, 5.41) is 11.3. The van der Waals surface area contributed by atoms with Crippen LogP contribution in [0.4, 0.5) is 0 Å². The van der Waals surface area contributed by atoms with Crippen molar-refractivity contribution in [3.8, 4) is 11.5 Å². The largest absolute Gasteiger partial charge is 0.506 e. The highest BCUT2D eigenvalue weighted by molar-refractivity contribution is 5.79. The third kappa shape index (κ3) is 3.45. The summed E-state index contributed by atoms with van der Waals surface area (Å²) in [6.07, 6.45) is 5.21. The fourth-order valence-electron chi connectivity index (χ4n) is 3.20. The molecule has 0 aliphatic carbocycles. The zero-order chi connectivity index (χ0) is 19.7. The fraction of sp³-hybridized carbons (Fsp3) is 0.273. The van der Waals surface area contributed by atoms with Crippen LogP contribution >= 0.6 is 0 Å². The lowest BCUT2D eigenvalue weighted by Gasteiger charge is -2.18. The van der Waals surface area contributed by atoms with Gasteiger partial charge in [0.2, 0.25) is 0 Å². The molecule has 0 bridgehead atoms. The van der Waals surface area contributed by atoms with Crippen molar-refractivity contribution in [2.45, 2.75) is 32.6 Å². The summed E-state index contributed by atoms with van der Waals surface area (Å²) in [5.41, 5.74) is 3.84. The van der Waals surface area contributed by atoms with E-state index in [2.05, 4.69) is 28.8 Å². The Morgan fingerprint density at radius 2 is 1.79 bits per heavy atom. The van der Waals surface area contributed by atoms with E-state index in [9.17, 15) is 5.11 Å². The monoisotopic (exact) mass is 374 g/mol. The van der Waals surface area contributed by atoms with Gasteiger partial charge in [0.1, 0.15) is 11.5 Å². The van der Waals surface area contributed by atoms with Gasteiger partial charge in [-0.15, -0.1) is 0 Å². The van der Waals surface area contributed by atoms with Crippen molar-refractivity contribution in [3.05, 3.63) is 60.3 Å². The predicted octanol–water partition coefficient (Wildman–Crippen LogP) is 4.58. The Hall–Kier alpha value is -3.28. The molecule has 1 unspecified atom stereocenters. The van der Waals surface area contributed by atoms with Crippen molar-refractivity contribution in [1.82, 2.24) is 19.9 Å². The van der Waals surface area contributed by atoms with E-state index in [-0.39, 0.29) is 17.6 Å². The summed E-state index contributed by atoms with van der Waals surface area (Å²) >= 11 is 0. The van der Waals surface area contributed by atoms with E-state index in [1.54, 1.807) is 24.7 Å². The SMILES string of the molecule is CC(C)c1nc2ccncc2cc1OCC(C)c1nc2cccnc2cc1O. The highest BCUT2D eigenvalue weighted by atomic mass is 16.5. The van der Waals surface area contributed by atoms with Crippen LogP contribution in [-0.2, 0) is 0 Å². The molecule has 0 fully saturated rings. The minimum absolute atomic E-state index is 0.103. The van der Waals surface area contributed by atoms with Crippen molar-refractivity contribution in [1.29, 1.82) is 0 Å². The molecule has 0 saturated carbocycles. The van der Waals surface area contributed by atoms with Crippen LogP contribution in [0.15, 0.2) is 48.9 Å². The molecule has 1 N–H and O–H groups in total. The first-order valence-corrected chi connectivity index (χ1v) is 9.35. The second-order valence-electron chi connectivity index (χ2n) is 7.24. The lowest BCUT2D eigenvalue weighted by atomic mass is 10.1. The number of nitrogens with zero attached hydrogens (tertiary/aromatic N) is 4. The molecule has 6 heteroatoms. The molecule has 6 nitrogen and oxygen atoms in total. The molecule has 4 aromatic heterocycles. The average molecular weight is 374 g/mol. The molecule has 0 amide bonds. The first kappa shape index (κ1) is 18.1. The van der Waals surface area contributed by atoms with Crippen molar-refractivity contribution >= 4 is 21.9 Å². The maximum absolute atomic E-state index is 10.4. The van der Waals surface area contributed by atoms with Gasteiger partial charge in [-0.25, -0.2) is 9.97 Å². The molecule has 1 atom stereocenters. The Balaban J connectivity index is 1.62. The van der Waals surface area contributed by atoms with Crippen molar-refractivity contribution < 1.29 is 9.84 Å². The zero-order valence-electron chi connectivity index (χ0n) is 16.1. The first-order chi connectivity index (χ1) is 13.5. The molecule has 0 saturated heterocycles. The Bertz CT molecular complexity index is 1140. The van der Waals surface area contributed by atoms with Crippen LogP contribution in [0, 0.1) is 0 Å². The predicted molar refractivity (Wildman–Crippen MR) is 109 cm³/mol.